The van der Waals surface area contributed by atoms with Crippen molar-refractivity contribution in [2.45, 2.75) is 13.8 Å². The third kappa shape index (κ3) is 2.06. The van der Waals surface area contributed by atoms with Crippen LogP contribution in [0.25, 0.3) is 6.08 Å². The summed E-state index contributed by atoms with van der Waals surface area (Å²) in [5.74, 6) is 0. The zero-order valence-electron chi connectivity index (χ0n) is 7.54. The van der Waals surface area contributed by atoms with Crippen LogP contribution in [0.3, 0.4) is 0 Å². The Balaban J connectivity index is 3.04. The van der Waals surface area contributed by atoms with Gasteiger partial charge in [-0.15, -0.1) is 0 Å². The molecule has 0 atom stereocenters. The molecule has 1 heteroatoms. The third-order valence-corrected chi connectivity index (χ3v) is 1.67. The number of allylic oxidation sites excluding steroid dienone is 2. The van der Waals surface area contributed by atoms with E-state index in [1.165, 1.54) is 5.56 Å². The van der Waals surface area contributed by atoms with E-state index in [4.69, 9.17) is 0 Å². The van der Waals surface area contributed by atoms with Crippen molar-refractivity contribution < 1.29 is 0 Å². The standard InChI is InChI=1S/C11H13N/c1-4-5-6-11-7-9(2)8-12-10(11)3/h4-8H,1H2,2-3H3/b6-5-. The lowest BCUT2D eigenvalue weighted by molar-refractivity contribution is 1.16. The number of hydrogen-bond donors (Lipinski definition) is 0. The second-order valence-corrected chi connectivity index (χ2v) is 2.78. The van der Waals surface area contributed by atoms with Crippen LogP contribution in [0, 0.1) is 13.8 Å². The van der Waals surface area contributed by atoms with E-state index in [0.717, 1.165) is 11.3 Å². The summed E-state index contributed by atoms with van der Waals surface area (Å²) in [4.78, 5) is 4.25. The molecule has 0 bridgehead atoms. The number of pyridine rings is 1. The van der Waals surface area contributed by atoms with Crippen molar-refractivity contribution in [3.05, 3.63) is 47.8 Å². The van der Waals surface area contributed by atoms with Gasteiger partial charge in [0, 0.05) is 11.9 Å². The lowest BCUT2D eigenvalue weighted by Gasteiger charge is -1.99. The highest BCUT2D eigenvalue weighted by Crippen LogP contribution is 2.08. The molecule has 0 saturated heterocycles. The van der Waals surface area contributed by atoms with Gasteiger partial charge in [0.05, 0.1) is 0 Å². The van der Waals surface area contributed by atoms with Crippen LogP contribution in [-0.2, 0) is 0 Å². The molecule has 1 rings (SSSR count). The molecule has 62 valence electrons. The molecule has 0 aliphatic heterocycles. The minimum absolute atomic E-state index is 1.05. The fraction of sp³-hybridized carbons (Fsp3) is 0.182. The van der Waals surface area contributed by atoms with Crippen molar-refractivity contribution >= 4 is 6.08 Å². The molecule has 0 aromatic carbocycles. The minimum Gasteiger partial charge on any atom is -0.261 e. The summed E-state index contributed by atoms with van der Waals surface area (Å²) in [5, 5.41) is 0. The molecule has 0 N–H and O–H groups in total. The maximum absolute atomic E-state index is 4.25. The van der Waals surface area contributed by atoms with Gasteiger partial charge in [0.15, 0.2) is 0 Å². The molecule has 0 spiro atoms. The highest BCUT2D eigenvalue weighted by Gasteiger charge is 1.93. The second-order valence-electron chi connectivity index (χ2n) is 2.78. The highest BCUT2D eigenvalue weighted by molar-refractivity contribution is 5.53. The lowest BCUT2D eigenvalue weighted by Crippen LogP contribution is -1.86. The van der Waals surface area contributed by atoms with Crippen LogP contribution < -0.4 is 0 Å². The maximum Gasteiger partial charge on any atom is 0.0445 e. The van der Waals surface area contributed by atoms with Crippen molar-refractivity contribution in [3.8, 4) is 0 Å². The van der Waals surface area contributed by atoms with Gasteiger partial charge in [0.25, 0.3) is 0 Å². The topological polar surface area (TPSA) is 12.9 Å². The first-order chi connectivity index (χ1) is 5.74. The van der Waals surface area contributed by atoms with Gasteiger partial charge in [-0.3, -0.25) is 4.98 Å². The molecular weight excluding hydrogens is 146 g/mol. The minimum atomic E-state index is 1.05. The van der Waals surface area contributed by atoms with Gasteiger partial charge in [0.2, 0.25) is 0 Å². The molecule has 0 radical (unpaired) electrons. The summed E-state index contributed by atoms with van der Waals surface area (Å²) in [6, 6.07) is 2.11. The number of nitrogens with zero attached hydrogens (tertiary/aromatic N) is 1. The van der Waals surface area contributed by atoms with Crippen molar-refractivity contribution in [2.75, 3.05) is 0 Å². The van der Waals surface area contributed by atoms with E-state index in [1.807, 2.05) is 32.2 Å². The molecule has 1 heterocycles. The van der Waals surface area contributed by atoms with Crippen molar-refractivity contribution in [3.63, 3.8) is 0 Å². The number of rotatable bonds is 2. The Morgan fingerprint density at radius 2 is 2.17 bits per heavy atom. The van der Waals surface area contributed by atoms with E-state index in [-0.39, 0.29) is 0 Å². The molecule has 1 aromatic heterocycles. The maximum atomic E-state index is 4.25. The van der Waals surface area contributed by atoms with E-state index >= 15 is 0 Å². The van der Waals surface area contributed by atoms with Crippen molar-refractivity contribution in [1.29, 1.82) is 0 Å². The largest absolute Gasteiger partial charge is 0.261 e. The number of hydrogen-bond acceptors (Lipinski definition) is 1. The lowest BCUT2D eigenvalue weighted by atomic mass is 10.1. The van der Waals surface area contributed by atoms with E-state index in [2.05, 4.69) is 17.6 Å². The Morgan fingerprint density at radius 1 is 1.42 bits per heavy atom. The summed E-state index contributed by atoms with van der Waals surface area (Å²) < 4.78 is 0. The Bertz CT molecular complexity index is 311. The van der Waals surface area contributed by atoms with Crippen LogP contribution in [0.4, 0.5) is 0 Å². The summed E-state index contributed by atoms with van der Waals surface area (Å²) in [6.45, 7) is 7.66. The van der Waals surface area contributed by atoms with Crippen LogP contribution in [0.15, 0.2) is 31.0 Å². The molecule has 0 amide bonds. The smallest absolute Gasteiger partial charge is 0.0445 e. The van der Waals surface area contributed by atoms with E-state index in [9.17, 15) is 0 Å². The Kier molecular flexibility index (Phi) is 2.81. The average molecular weight is 159 g/mol. The average Bonchev–Trinajstić information content (AvgIpc) is 2.07. The fourth-order valence-electron chi connectivity index (χ4n) is 1.00. The van der Waals surface area contributed by atoms with Crippen LogP contribution in [0.5, 0.6) is 0 Å². The first-order valence-corrected chi connectivity index (χ1v) is 3.96. The van der Waals surface area contributed by atoms with Gasteiger partial charge < -0.3 is 0 Å². The van der Waals surface area contributed by atoms with E-state index < -0.39 is 0 Å². The molecule has 0 unspecified atom stereocenters. The Labute approximate surface area is 73.5 Å². The molecule has 12 heavy (non-hydrogen) atoms. The van der Waals surface area contributed by atoms with Crippen molar-refractivity contribution in [1.82, 2.24) is 4.98 Å². The molecule has 0 aliphatic carbocycles. The zero-order chi connectivity index (χ0) is 8.97. The van der Waals surface area contributed by atoms with Crippen LogP contribution in [0.2, 0.25) is 0 Å². The van der Waals surface area contributed by atoms with Crippen LogP contribution in [-0.4, -0.2) is 4.98 Å². The third-order valence-electron chi connectivity index (χ3n) is 1.67. The molecule has 0 fully saturated rings. The van der Waals surface area contributed by atoms with Gasteiger partial charge in [-0.2, -0.15) is 0 Å². The van der Waals surface area contributed by atoms with E-state index in [1.54, 1.807) is 6.08 Å². The highest BCUT2D eigenvalue weighted by atomic mass is 14.7. The second kappa shape index (κ2) is 3.86. The van der Waals surface area contributed by atoms with Crippen molar-refractivity contribution in [2.24, 2.45) is 0 Å². The van der Waals surface area contributed by atoms with Crippen LogP contribution >= 0.6 is 0 Å². The SMILES string of the molecule is C=C/C=C\c1cc(C)cnc1C. The summed E-state index contributed by atoms with van der Waals surface area (Å²) in [5.41, 5.74) is 3.40. The predicted molar refractivity (Wildman–Crippen MR) is 52.9 cm³/mol. The first-order valence-electron chi connectivity index (χ1n) is 3.96. The Morgan fingerprint density at radius 3 is 2.83 bits per heavy atom. The summed E-state index contributed by atoms with van der Waals surface area (Å²) in [6.07, 6.45) is 7.58. The monoisotopic (exact) mass is 159 g/mol. The van der Waals surface area contributed by atoms with Crippen LogP contribution in [0.1, 0.15) is 16.8 Å². The quantitative estimate of drug-likeness (QED) is 0.604. The van der Waals surface area contributed by atoms with Gasteiger partial charge in [-0.25, -0.2) is 0 Å². The zero-order valence-corrected chi connectivity index (χ0v) is 7.54. The van der Waals surface area contributed by atoms with E-state index in [0.29, 0.717) is 0 Å². The summed E-state index contributed by atoms with van der Waals surface area (Å²) in [7, 11) is 0. The molecule has 1 nitrogen and oxygen atoms in total. The molecule has 1 aromatic rings. The van der Waals surface area contributed by atoms with Gasteiger partial charge in [-0.1, -0.05) is 24.8 Å². The summed E-state index contributed by atoms with van der Waals surface area (Å²) >= 11 is 0. The first kappa shape index (κ1) is 8.72. The van der Waals surface area contributed by atoms with Gasteiger partial charge in [-0.05, 0) is 31.0 Å². The predicted octanol–water partition coefficient (Wildman–Crippen LogP) is 2.90. The number of aromatic nitrogens is 1. The van der Waals surface area contributed by atoms with Gasteiger partial charge in [0.1, 0.15) is 0 Å². The molecule has 0 aliphatic rings. The normalized spacial score (nSPS) is 10.5. The fourth-order valence-corrected chi connectivity index (χ4v) is 1.00. The number of aryl methyl sites for hydroxylation is 2. The molecule has 0 saturated carbocycles. The van der Waals surface area contributed by atoms with Gasteiger partial charge >= 0.3 is 0 Å². The Hall–Kier alpha value is -1.37. The molecular formula is C11H13N.